The first-order valence-electron chi connectivity index (χ1n) is 12.0. The number of ketones is 1. The third kappa shape index (κ3) is 9.87. The average molecular weight is 487 g/mol. The number of aromatic nitrogens is 1. The first kappa shape index (κ1) is 33.2. The van der Waals surface area contributed by atoms with Gasteiger partial charge < -0.3 is 0 Å². The number of sulfonamides is 1. The largest absolute Gasteiger partial charge is 0.289 e. The summed E-state index contributed by atoms with van der Waals surface area (Å²) in [5, 5.41) is 0. The van der Waals surface area contributed by atoms with Crippen LogP contribution in [0.15, 0.2) is 71.9 Å². The van der Waals surface area contributed by atoms with Gasteiger partial charge >= 0.3 is 0 Å². The van der Waals surface area contributed by atoms with Crippen LogP contribution in [-0.4, -0.2) is 19.2 Å². The van der Waals surface area contributed by atoms with Gasteiger partial charge in [0.05, 0.1) is 10.6 Å². The Morgan fingerprint density at radius 3 is 1.71 bits per heavy atom. The van der Waals surface area contributed by atoms with Crippen LogP contribution < -0.4 is 4.72 Å². The van der Waals surface area contributed by atoms with Crippen LogP contribution in [0.4, 0.5) is 5.69 Å². The van der Waals surface area contributed by atoms with Crippen molar-refractivity contribution >= 4 is 21.5 Å². The van der Waals surface area contributed by atoms with E-state index in [2.05, 4.69) is 9.71 Å². The topological polar surface area (TPSA) is 76.1 Å². The van der Waals surface area contributed by atoms with Crippen molar-refractivity contribution in [1.29, 1.82) is 0 Å². The van der Waals surface area contributed by atoms with Gasteiger partial charge in [0.2, 0.25) is 0 Å². The van der Waals surface area contributed by atoms with Crippen molar-refractivity contribution in [1.82, 2.24) is 4.98 Å². The Morgan fingerprint density at radius 1 is 0.735 bits per heavy atom. The minimum atomic E-state index is -3.80. The Morgan fingerprint density at radius 2 is 1.21 bits per heavy atom. The van der Waals surface area contributed by atoms with Crippen LogP contribution in [0.25, 0.3) is 0 Å². The van der Waals surface area contributed by atoms with E-state index in [1.54, 1.807) is 42.5 Å². The second-order valence-electron chi connectivity index (χ2n) is 5.97. The van der Waals surface area contributed by atoms with Crippen molar-refractivity contribution < 1.29 is 13.2 Å². The maximum absolute atomic E-state index is 12.9. The third-order valence-electron chi connectivity index (χ3n) is 4.12. The summed E-state index contributed by atoms with van der Waals surface area (Å²) in [4.78, 5) is 16.9. The Bertz CT molecular complexity index is 1050. The molecule has 1 aromatic heterocycles. The number of anilines is 1. The molecule has 0 aliphatic carbocycles. The fourth-order valence-corrected chi connectivity index (χ4v) is 3.64. The number of aryl methyl sites for hydroxylation is 2. The van der Waals surface area contributed by atoms with Gasteiger partial charge in [0.1, 0.15) is 0 Å². The Labute approximate surface area is 207 Å². The summed E-state index contributed by atoms with van der Waals surface area (Å²) in [5.41, 5.74) is 2.81. The molecule has 3 aromatic rings. The van der Waals surface area contributed by atoms with E-state index < -0.39 is 10.0 Å². The van der Waals surface area contributed by atoms with Crippen molar-refractivity contribution in [3.05, 3.63) is 89.2 Å². The lowest BCUT2D eigenvalue weighted by Crippen LogP contribution is -2.16. The molecule has 5 nitrogen and oxygen atoms in total. The molecular formula is C28H42N2O3S. The highest BCUT2D eigenvalue weighted by molar-refractivity contribution is 7.92. The average Bonchev–Trinajstić information content (AvgIpc) is 2.91. The quantitative estimate of drug-likeness (QED) is 0.373. The monoisotopic (exact) mass is 486 g/mol. The van der Waals surface area contributed by atoms with Crippen LogP contribution in [0.1, 0.15) is 82.4 Å². The molecule has 0 saturated carbocycles. The summed E-state index contributed by atoms with van der Waals surface area (Å²) >= 11 is 0. The van der Waals surface area contributed by atoms with Crippen LogP contribution in [0.3, 0.4) is 0 Å². The van der Waals surface area contributed by atoms with E-state index in [0.29, 0.717) is 11.1 Å². The fraction of sp³-hybridized carbons (Fsp3) is 0.357. The summed E-state index contributed by atoms with van der Waals surface area (Å²) in [6.45, 7) is 19.8. The normalized spacial score (nSPS) is 9.24. The zero-order valence-electron chi connectivity index (χ0n) is 22.4. The molecular weight excluding hydrogens is 444 g/mol. The lowest BCUT2D eigenvalue weighted by molar-refractivity contribution is 0.103. The summed E-state index contributed by atoms with van der Waals surface area (Å²) in [6.07, 6.45) is 3.06. The zero-order valence-corrected chi connectivity index (χ0v) is 23.2. The molecule has 0 fully saturated rings. The van der Waals surface area contributed by atoms with E-state index in [1.165, 1.54) is 24.5 Å². The van der Waals surface area contributed by atoms with Crippen LogP contribution in [0, 0.1) is 13.8 Å². The molecule has 188 valence electrons. The number of pyridine rings is 1. The van der Waals surface area contributed by atoms with Crippen molar-refractivity contribution in [2.75, 3.05) is 4.72 Å². The molecule has 1 heterocycles. The minimum Gasteiger partial charge on any atom is -0.289 e. The molecule has 3 rings (SSSR count). The van der Waals surface area contributed by atoms with E-state index in [-0.39, 0.29) is 16.4 Å². The van der Waals surface area contributed by atoms with E-state index >= 15 is 0 Å². The lowest BCUT2D eigenvalue weighted by Gasteiger charge is -2.15. The summed E-state index contributed by atoms with van der Waals surface area (Å²) < 4.78 is 27.9. The molecule has 0 saturated heterocycles. The molecule has 0 aliphatic rings. The van der Waals surface area contributed by atoms with Crippen LogP contribution in [0.2, 0.25) is 0 Å². The maximum atomic E-state index is 12.9. The van der Waals surface area contributed by atoms with Gasteiger partial charge in [-0.15, -0.1) is 0 Å². The maximum Gasteiger partial charge on any atom is 0.261 e. The summed E-state index contributed by atoms with van der Waals surface area (Å²) in [6, 6.07) is 14.7. The van der Waals surface area contributed by atoms with Crippen LogP contribution in [0.5, 0.6) is 0 Å². The van der Waals surface area contributed by atoms with Crippen molar-refractivity contribution in [2.45, 2.75) is 74.1 Å². The highest BCUT2D eigenvalue weighted by Gasteiger charge is 2.20. The number of carbonyl (C=O) groups excluding carboxylic acids is 1. The number of rotatable bonds is 5. The Hall–Kier alpha value is -2.99. The van der Waals surface area contributed by atoms with Crippen molar-refractivity contribution in [3.63, 3.8) is 0 Å². The molecule has 0 atom stereocenters. The van der Waals surface area contributed by atoms with Gasteiger partial charge in [0.15, 0.2) is 5.78 Å². The zero-order chi connectivity index (χ0) is 26.7. The first-order valence-corrected chi connectivity index (χ1v) is 13.5. The molecule has 34 heavy (non-hydrogen) atoms. The van der Waals surface area contributed by atoms with Gasteiger partial charge in [-0.3, -0.25) is 14.5 Å². The van der Waals surface area contributed by atoms with Gasteiger partial charge in [-0.1, -0.05) is 73.6 Å². The van der Waals surface area contributed by atoms with E-state index in [9.17, 15) is 13.2 Å². The summed E-state index contributed by atoms with van der Waals surface area (Å²) in [7, 11) is -3.80. The van der Waals surface area contributed by atoms with Crippen molar-refractivity contribution in [2.24, 2.45) is 0 Å². The molecule has 0 unspecified atom stereocenters. The molecule has 0 amide bonds. The number of hydrogen-bond acceptors (Lipinski definition) is 4. The predicted octanol–water partition coefficient (Wildman–Crippen LogP) is 7.84. The Balaban J connectivity index is 0. The van der Waals surface area contributed by atoms with Gasteiger partial charge in [0, 0.05) is 23.5 Å². The second-order valence-corrected chi connectivity index (χ2v) is 7.65. The fourth-order valence-electron chi connectivity index (χ4n) is 2.55. The standard InChI is InChI=1S/C20H18N2O3S.4C2H6/c1-14-12-18(20(23)16-8-10-21-11-9-16)19(13-15(14)2)22-26(24,25)17-6-4-3-5-7-17;4*1-2/h3-13,22H,1-2H3;4*1-2H3. The smallest absolute Gasteiger partial charge is 0.261 e. The Kier molecular flexibility index (Phi) is 18.0. The van der Waals surface area contributed by atoms with Gasteiger partial charge in [-0.25, -0.2) is 8.42 Å². The lowest BCUT2D eigenvalue weighted by atomic mass is 9.98. The van der Waals surface area contributed by atoms with Crippen LogP contribution in [-0.2, 0) is 10.0 Å². The minimum absolute atomic E-state index is 0.139. The van der Waals surface area contributed by atoms with E-state index in [0.717, 1.165) is 11.1 Å². The molecule has 2 aromatic carbocycles. The molecule has 0 bridgehead atoms. The van der Waals surface area contributed by atoms with E-state index in [4.69, 9.17) is 0 Å². The molecule has 0 radical (unpaired) electrons. The highest BCUT2D eigenvalue weighted by atomic mass is 32.2. The number of nitrogens with one attached hydrogen (secondary N) is 1. The number of benzene rings is 2. The first-order chi connectivity index (χ1) is 16.4. The van der Waals surface area contributed by atoms with Gasteiger partial charge in [-0.2, -0.15) is 0 Å². The SMILES string of the molecule is CC.CC.CC.CC.Cc1cc(NS(=O)(=O)c2ccccc2)c(C(=O)c2ccncc2)cc1C. The second kappa shape index (κ2) is 18.4. The third-order valence-corrected chi connectivity index (χ3v) is 5.50. The van der Waals surface area contributed by atoms with E-state index in [1.807, 2.05) is 69.2 Å². The van der Waals surface area contributed by atoms with Gasteiger partial charge in [-0.05, 0) is 61.4 Å². The number of hydrogen-bond donors (Lipinski definition) is 1. The van der Waals surface area contributed by atoms with Crippen LogP contribution >= 0.6 is 0 Å². The molecule has 0 spiro atoms. The number of carbonyl (C=O) groups is 1. The summed E-state index contributed by atoms with van der Waals surface area (Å²) in [5.74, 6) is -0.263. The molecule has 6 heteroatoms. The highest BCUT2D eigenvalue weighted by Crippen LogP contribution is 2.26. The van der Waals surface area contributed by atoms with Crippen molar-refractivity contribution in [3.8, 4) is 0 Å². The molecule has 1 N–H and O–H groups in total. The number of nitrogens with zero attached hydrogens (tertiary/aromatic N) is 1. The predicted molar refractivity (Wildman–Crippen MR) is 146 cm³/mol. The van der Waals surface area contributed by atoms with Gasteiger partial charge in [0.25, 0.3) is 10.0 Å². The molecule has 0 aliphatic heterocycles.